The molecule has 4 nitrogen and oxygen atoms in total. The molecule has 0 saturated carbocycles. The number of benzene rings is 1. The van der Waals surface area contributed by atoms with Crippen LogP contribution in [0.3, 0.4) is 0 Å². The van der Waals surface area contributed by atoms with Crippen molar-refractivity contribution in [1.82, 2.24) is 14.8 Å². The van der Waals surface area contributed by atoms with Crippen LogP contribution in [0.1, 0.15) is 38.1 Å². The number of rotatable bonds is 1. The lowest BCUT2D eigenvalue weighted by Crippen LogP contribution is -2.52. The number of aromatic nitrogens is 1. The molecule has 1 aromatic carbocycles. The molecule has 3 rings (SSSR count). The zero-order chi connectivity index (χ0) is 16.6. The summed E-state index contributed by atoms with van der Waals surface area (Å²) in [5, 5.41) is 3.77. The Balaban J connectivity index is 1.98. The maximum absolute atomic E-state index is 12.8. The van der Waals surface area contributed by atoms with E-state index in [-0.39, 0.29) is 17.6 Å². The van der Waals surface area contributed by atoms with E-state index in [0.717, 1.165) is 17.8 Å². The molecule has 0 fully saturated rings. The number of carbonyl (C=O) groups excluding carboxylic acids is 1. The third kappa shape index (κ3) is 3.37. The fourth-order valence-corrected chi connectivity index (χ4v) is 3.12. The van der Waals surface area contributed by atoms with E-state index < -0.39 is 0 Å². The third-order valence-corrected chi connectivity index (χ3v) is 4.22. The highest BCUT2D eigenvalue weighted by molar-refractivity contribution is 6.30. The summed E-state index contributed by atoms with van der Waals surface area (Å²) in [4.78, 5) is 14.7. The normalized spacial score (nSPS) is 17.7. The van der Waals surface area contributed by atoms with Crippen LogP contribution in [0.25, 0.3) is 0 Å². The van der Waals surface area contributed by atoms with Crippen molar-refractivity contribution in [3.05, 3.63) is 58.9 Å². The van der Waals surface area contributed by atoms with Crippen molar-refractivity contribution < 1.29 is 4.79 Å². The molecule has 1 atom stereocenters. The van der Waals surface area contributed by atoms with Crippen molar-refractivity contribution in [2.75, 3.05) is 6.54 Å². The van der Waals surface area contributed by atoms with Crippen molar-refractivity contribution >= 4 is 17.6 Å². The highest BCUT2D eigenvalue weighted by Gasteiger charge is 2.33. The molecule has 1 aliphatic rings. The molecule has 0 aliphatic carbocycles. The lowest BCUT2D eigenvalue weighted by Gasteiger charge is -2.39. The minimum absolute atomic E-state index is 0.0371. The zero-order valence-corrected chi connectivity index (χ0v) is 14.5. The number of hydrogen-bond donors (Lipinski definition) is 1. The number of nitrogens with one attached hydrogen (secondary N) is 1. The van der Waals surface area contributed by atoms with Gasteiger partial charge in [0.15, 0.2) is 0 Å². The number of halogens is 1. The molecule has 23 heavy (non-hydrogen) atoms. The fraction of sp³-hybridized carbons (Fsp3) is 0.389. The van der Waals surface area contributed by atoms with Gasteiger partial charge in [0.1, 0.15) is 0 Å². The SMILES string of the molecule is CC(C)(C)NC(=O)N1CCn2cccc2[C@@H]1c1ccc(Cl)cc1. The molecular weight excluding hydrogens is 310 g/mol. The Kier molecular flexibility index (Phi) is 4.11. The van der Waals surface area contributed by atoms with E-state index in [1.165, 1.54) is 0 Å². The van der Waals surface area contributed by atoms with Gasteiger partial charge in [-0.05, 0) is 50.6 Å². The third-order valence-electron chi connectivity index (χ3n) is 3.97. The van der Waals surface area contributed by atoms with Crippen LogP contribution in [0.4, 0.5) is 4.79 Å². The largest absolute Gasteiger partial charge is 0.348 e. The molecule has 2 heterocycles. The van der Waals surface area contributed by atoms with Gasteiger partial charge in [0, 0.05) is 35.5 Å². The van der Waals surface area contributed by atoms with E-state index in [4.69, 9.17) is 11.6 Å². The van der Waals surface area contributed by atoms with Crippen LogP contribution in [0.5, 0.6) is 0 Å². The minimum Gasteiger partial charge on any atom is -0.348 e. The van der Waals surface area contributed by atoms with Gasteiger partial charge in [-0.3, -0.25) is 0 Å². The fourth-order valence-electron chi connectivity index (χ4n) is 2.99. The number of carbonyl (C=O) groups is 1. The van der Waals surface area contributed by atoms with Crippen LogP contribution in [0.2, 0.25) is 5.02 Å². The van der Waals surface area contributed by atoms with E-state index in [2.05, 4.69) is 22.1 Å². The molecule has 1 aliphatic heterocycles. The van der Waals surface area contributed by atoms with Crippen LogP contribution < -0.4 is 5.32 Å². The maximum Gasteiger partial charge on any atom is 0.318 e. The Labute approximate surface area is 142 Å². The van der Waals surface area contributed by atoms with Gasteiger partial charge < -0.3 is 14.8 Å². The van der Waals surface area contributed by atoms with Gasteiger partial charge in [-0.1, -0.05) is 23.7 Å². The predicted octanol–water partition coefficient (Wildman–Crippen LogP) is 4.05. The van der Waals surface area contributed by atoms with Crippen LogP contribution in [-0.4, -0.2) is 27.6 Å². The van der Waals surface area contributed by atoms with E-state index in [9.17, 15) is 4.79 Å². The molecule has 5 heteroatoms. The molecule has 0 radical (unpaired) electrons. The molecule has 1 N–H and O–H groups in total. The van der Waals surface area contributed by atoms with E-state index in [0.29, 0.717) is 11.6 Å². The van der Waals surface area contributed by atoms with Gasteiger partial charge in [0.25, 0.3) is 0 Å². The Morgan fingerprint density at radius 2 is 1.87 bits per heavy atom. The van der Waals surface area contributed by atoms with E-state index >= 15 is 0 Å². The van der Waals surface area contributed by atoms with Crippen molar-refractivity contribution in [3.63, 3.8) is 0 Å². The molecular formula is C18H22ClN3O. The standard InChI is InChI=1S/C18H22ClN3O/c1-18(2,3)20-17(23)22-12-11-21-10-4-5-15(21)16(22)13-6-8-14(19)9-7-13/h4-10,16H,11-12H2,1-3H3,(H,20,23)/t16-/m0/s1. The second kappa shape index (κ2) is 5.93. The number of fused-ring (bicyclic) bond motifs is 1. The molecule has 2 amide bonds. The van der Waals surface area contributed by atoms with Crippen LogP contribution >= 0.6 is 11.6 Å². The van der Waals surface area contributed by atoms with Crippen molar-refractivity contribution in [1.29, 1.82) is 0 Å². The molecule has 0 saturated heterocycles. The van der Waals surface area contributed by atoms with Crippen LogP contribution in [-0.2, 0) is 6.54 Å². The number of amides is 2. The first-order chi connectivity index (χ1) is 10.8. The summed E-state index contributed by atoms with van der Waals surface area (Å²) in [7, 11) is 0. The number of nitrogens with zero attached hydrogens (tertiary/aromatic N) is 2. The Hall–Kier alpha value is -1.94. The lowest BCUT2D eigenvalue weighted by molar-refractivity contribution is 0.161. The van der Waals surface area contributed by atoms with Gasteiger partial charge in [0.2, 0.25) is 0 Å². The molecule has 0 unspecified atom stereocenters. The van der Waals surface area contributed by atoms with Gasteiger partial charge in [-0.25, -0.2) is 4.79 Å². The highest BCUT2D eigenvalue weighted by Crippen LogP contribution is 2.33. The Bertz CT molecular complexity index is 700. The second-order valence-electron chi connectivity index (χ2n) is 6.95. The summed E-state index contributed by atoms with van der Waals surface area (Å²) in [5.41, 5.74) is 1.93. The van der Waals surface area contributed by atoms with E-state index in [1.54, 1.807) is 0 Å². The summed E-state index contributed by atoms with van der Waals surface area (Å²) in [6.45, 7) is 7.47. The summed E-state index contributed by atoms with van der Waals surface area (Å²) in [6, 6.07) is 11.7. The summed E-state index contributed by atoms with van der Waals surface area (Å²) >= 11 is 6.02. The smallest absolute Gasteiger partial charge is 0.318 e. The van der Waals surface area contributed by atoms with Crippen molar-refractivity contribution in [3.8, 4) is 0 Å². The van der Waals surface area contributed by atoms with Gasteiger partial charge in [-0.15, -0.1) is 0 Å². The van der Waals surface area contributed by atoms with Gasteiger partial charge in [0.05, 0.1) is 6.04 Å². The monoisotopic (exact) mass is 331 g/mol. The Morgan fingerprint density at radius 1 is 1.17 bits per heavy atom. The molecule has 122 valence electrons. The summed E-state index contributed by atoms with van der Waals surface area (Å²) in [5.74, 6) is 0. The zero-order valence-electron chi connectivity index (χ0n) is 13.7. The molecule has 0 bridgehead atoms. The van der Waals surface area contributed by atoms with E-state index in [1.807, 2.05) is 56.0 Å². The van der Waals surface area contributed by atoms with Crippen LogP contribution in [0.15, 0.2) is 42.6 Å². The van der Waals surface area contributed by atoms with Gasteiger partial charge >= 0.3 is 6.03 Å². The quantitative estimate of drug-likeness (QED) is 0.840. The molecule has 0 spiro atoms. The maximum atomic E-state index is 12.8. The van der Waals surface area contributed by atoms with Crippen LogP contribution in [0, 0.1) is 0 Å². The minimum atomic E-state index is -0.263. The topological polar surface area (TPSA) is 37.3 Å². The lowest BCUT2D eigenvalue weighted by atomic mass is 10.00. The molecule has 1 aromatic heterocycles. The number of hydrogen-bond acceptors (Lipinski definition) is 1. The first-order valence-corrected chi connectivity index (χ1v) is 8.22. The summed E-state index contributed by atoms with van der Waals surface area (Å²) < 4.78 is 2.21. The Morgan fingerprint density at radius 3 is 2.52 bits per heavy atom. The first-order valence-electron chi connectivity index (χ1n) is 7.84. The predicted molar refractivity (Wildman–Crippen MR) is 92.7 cm³/mol. The average molecular weight is 332 g/mol. The first kappa shape index (κ1) is 15.9. The average Bonchev–Trinajstić information content (AvgIpc) is 2.93. The van der Waals surface area contributed by atoms with Crippen molar-refractivity contribution in [2.24, 2.45) is 0 Å². The molecule has 2 aromatic rings. The number of urea groups is 1. The summed E-state index contributed by atoms with van der Waals surface area (Å²) in [6.07, 6.45) is 2.07. The second-order valence-corrected chi connectivity index (χ2v) is 7.39. The van der Waals surface area contributed by atoms with Gasteiger partial charge in [-0.2, -0.15) is 0 Å². The highest BCUT2D eigenvalue weighted by atomic mass is 35.5. The van der Waals surface area contributed by atoms with Crippen molar-refractivity contribution in [2.45, 2.75) is 38.9 Å².